The van der Waals surface area contributed by atoms with Gasteiger partial charge in [-0.25, -0.2) is 28.3 Å². The summed E-state index contributed by atoms with van der Waals surface area (Å²) in [5.41, 5.74) is 2.52. The van der Waals surface area contributed by atoms with Crippen molar-refractivity contribution in [3.05, 3.63) is 96.2 Å². The molecule has 2 fully saturated rings. The van der Waals surface area contributed by atoms with Gasteiger partial charge in [-0.15, -0.1) is 0 Å². The molecule has 3 aliphatic rings. The fraction of sp³-hybridized carbons (Fsp3) is 0.375. The third-order valence-corrected chi connectivity index (χ3v) is 12.2. The quantitative estimate of drug-likeness (QED) is 0.163. The summed E-state index contributed by atoms with van der Waals surface area (Å²) in [4.78, 5) is 52.0. The van der Waals surface area contributed by atoms with Gasteiger partial charge in [0.25, 0.3) is 12.0 Å². The van der Waals surface area contributed by atoms with Crippen molar-refractivity contribution in [2.45, 2.75) is 37.3 Å². The summed E-state index contributed by atoms with van der Waals surface area (Å²) in [5.74, 6) is 0.343. The van der Waals surface area contributed by atoms with Crippen LogP contribution in [0.25, 0.3) is 33.3 Å². The molecule has 57 heavy (non-hydrogen) atoms. The van der Waals surface area contributed by atoms with Crippen LogP contribution in [0.2, 0.25) is 10.0 Å². The minimum Gasteiger partial charge on any atom is -0.481 e. The number of pyridine rings is 2. The van der Waals surface area contributed by atoms with E-state index in [0.717, 1.165) is 58.7 Å². The van der Waals surface area contributed by atoms with Crippen LogP contribution < -0.4 is 26.6 Å². The van der Waals surface area contributed by atoms with E-state index >= 15 is 0 Å². The maximum Gasteiger partial charge on any atom is 0.330 e. The molecule has 5 aromatic rings. The molecule has 2 amide bonds. The van der Waals surface area contributed by atoms with Crippen molar-refractivity contribution in [2.24, 2.45) is 14.1 Å². The Kier molecular flexibility index (Phi) is 10.2. The van der Waals surface area contributed by atoms with E-state index in [-0.39, 0.29) is 45.0 Å². The van der Waals surface area contributed by atoms with Crippen LogP contribution in [0.3, 0.4) is 0 Å². The second kappa shape index (κ2) is 15.0. The third-order valence-electron chi connectivity index (χ3n) is 11.4. The lowest BCUT2D eigenvalue weighted by Crippen LogP contribution is -2.46. The van der Waals surface area contributed by atoms with E-state index < -0.39 is 23.4 Å². The van der Waals surface area contributed by atoms with Crippen molar-refractivity contribution in [3.63, 3.8) is 0 Å². The predicted molar refractivity (Wildman–Crippen MR) is 214 cm³/mol. The smallest absolute Gasteiger partial charge is 0.330 e. The van der Waals surface area contributed by atoms with Crippen molar-refractivity contribution in [1.29, 1.82) is 0 Å². The molecule has 2 saturated heterocycles. The number of ether oxygens (including phenoxy) is 2. The lowest BCUT2D eigenvalue weighted by atomic mass is 9.99. The van der Waals surface area contributed by atoms with E-state index in [4.69, 9.17) is 37.7 Å². The normalized spacial score (nSPS) is 19.3. The second-order valence-electron chi connectivity index (χ2n) is 14.7. The zero-order valence-electron chi connectivity index (χ0n) is 31.7. The van der Waals surface area contributed by atoms with Crippen molar-refractivity contribution in [1.82, 2.24) is 34.2 Å². The van der Waals surface area contributed by atoms with Crippen LogP contribution in [-0.4, -0.2) is 87.5 Å². The molecule has 1 spiro atoms. The first kappa shape index (κ1) is 38.8. The van der Waals surface area contributed by atoms with Crippen molar-refractivity contribution in [2.75, 3.05) is 52.3 Å². The highest BCUT2D eigenvalue weighted by Crippen LogP contribution is 2.47. The number of aryl methyl sites for hydroxylation is 2. The van der Waals surface area contributed by atoms with Gasteiger partial charge in [-0.05, 0) is 43.0 Å². The van der Waals surface area contributed by atoms with E-state index in [9.17, 15) is 23.2 Å². The van der Waals surface area contributed by atoms with Gasteiger partial charge in [-0.1, -0.05) is 53.5 Å². The summed E-state index contributed by atoms with van der Waals surface area (Å²) in [6, 6.07) is 13.8. The molecule has 3 aromatic heterocycles. The lowest BCUT2D eigenvalue weighted by molar-refractivity contribution is 0.146. The van der Waals surface area contributed by atoms with E-state index in [1.807, 2.05) is 23.1 Å². The number of hydrogen-bond donors (Lipinski definition) is 2. The van der Waals surface area contributed by atoms with E-state index in [0.29, 0.717) is 53.0 Å². The van der Waals surface area contributed by atoms with E-state index in [2.05, 4.69) is 26.6 Å². The number of hydrogen-bond acceptors (Lipinski definition) is 9. The Bertz CT molecular complexity index is 2570. The molecule has 298 valence electrons. The fourth-order valence-electron chi connectivity index (χ4n) is 8.52. The second-order valence-corrected chi connectivity index (χ2v) is 15.5. The first-order valence-electron chi connectivity index (χ1n) is 18.5. The summed E-state index contributed by atoms with van der Waals surface area (Å²) in [6.07, 6.45) is -0.436. The molecule has 2 aromatic carbocycles. The standard InChI is InChI=1S/C40H40Cl2F2N8O5/c1-49-29-18-27(34(43)44)46-35(31(29)37(53)50(2)39(49)55)45-25-10-6-8-23(33(25)42)22-7-5-9-24(32(22)41)26-17-21-11-12-28(30(21)36(47-26)57-4)51-14-13-40(19-51)20-52(15-16-56-3)38(54)48-40/h5-10,17-18,28,34H,11-16,19-20H2,1-4H3,(H,45,46)(H,48,54)/t28-,40+/m0/s1. The number of methoxy groups -OCH3 is 2. The number of likely N-dealkylation sites (tertiary alicyclic amines) is 1. The molecule has 1 aliphatic carbocycles. The number of fused-ring (bicyclic) bond motifs is 2. The first-order chi connectivity index (χ1) is 27.3. The van der Waals surface area contributed by atoms with Gasteiger partial charge in [0.2, 0.25) is 5.88 Å². The zero-order valence-corrected chi connectivity index (χ0v) is 33.2. The van der Waals surface area contributed by atoms with Crippen molar-refractivity contribution < 1.29 is 23.0 Å². The predicted octanol–water partition coefficient (Wildman–Crippen LogP) is 6.46. The van der Waals surface area contributed by atoms with Crippen LogP contribution in [0, 0.1) is 0 Å². The highest BCUT2D eigenvalue weighted by atomic mass is 35.5. The van der Waals surface area contributed by atoms with Gasteiger partial charge < -0.3 is 25.0 Å². The highest BCUT2D eigenvalue weighted by molar-refractivity contribution is 6.39. The van der Waals surface area contributed by atoms with E-state index in [1.54, 1.807) is 32.4 Å². The summed E-state index contributed by atoms with van der Waals surface area (Å²) < 4.78 is 41.2. The Morgan fingerprint density at radius 2 is 1.72 bits per heavy atom. The molecule has 2 aliphatic heterocycles. The van der Waals surface area contributed by atoms with Crippen molar-refractivity contribution in [3.8, 4) is 28.3 Å². The maximum absolute atomic E-state index is 14.0. The molecule has 0 unspecified atom stereocenters. The number of amides is 2. The van der Waals surface area contributed by atoms with Crippen LogP contribution in [-0.2, 0) is 25.3 Å². The Labute approximate surface area is 336 Å². The Morgan fingerprint density at radius 1 is 0.982 bits per heavy atom. The average Bonchev–Trinajstić information content (AvgIpc) is 3.91. The molecular formula is C40H40Cl2F2N8O5. The Hall–Kier alpha value is -5.09. The van der Waals surface area contributed by atoms with Crippen LogP contribution in [0.5, 0.6) is 5.88 Å². The largest absolute Gasteiger partial charge is 0.481 e. The van der Waals surface area contributed by atoms with Gasteiger partial charge in [0.15, 0.2) is 0 Å². The highest BCUT2D eigenvalue weighted by Gasteiger charge is 2.49. The average molecular weight is 822 g/mol. The zero-order chi connectivity index (χ0) is 40.3. The number of carbonyl (C=O) groups excluding carboxylic acids is 1. The molecule has 0 radical (unpaired) electrons. The third kappa shape index (κ3) is 6.69. The van der Waals surface area contributed by atoms with Crippen LogP contribution in [0.1, 0.15) is 42.1 Å². The molecule has 17 heteroatoms. The maximum atomic E-state index is 14.0. The monoisotopic (exact) mass is 820 g/mol. The fourth-order valence-corrected chi connectivity index (χ4v) is 9.12. The molecular weight excluding hydrogens is 781 g/mol. The number of nitrogens with one attached hydrogen (secondary N) is 2. The van der Waals surface area contributed by atoms with Crippen LogP contribution in [0.4, 0.5) is 25.1 Å². The topological polar surface area (TPSA) is 136 Å². The van der Waals surface area contributed by atoms with Gasteiger partial charge in [0.05, 0.1) is 46.2 Å². The number of nitrogens with zero attached hydrogens (tertiary/aromatic N) is 6. The minimum atomic E-state index is -2.97. The number of alkyl halides is 2. The summed E-state index contributed by atoms with van der Waals surface area (Å²) >= 11 is 14.2. The number of halogens is 4. The Morgan fingerprint density at radius 3 is 2.46 bits per heavy atom. The molecule has 0 saturated carbocycles. The summed E-state index contributed by atoms with van der Waals surface area (Å²) in [6.45, 7) is 3.23. The van der Waals surface area contributed by atoms with Gasteiger partial charge in [0.1, 0.15) is 16.9 Å². The van der Waals surface area contributed by atoms with Gasteiger partial charge in [-0.3, -0.25) is 18.8 Å². The molecule has 0 bridgehead atoms. The van der Waals surface area contributed by atoms with Crippen LogP contribution in [0.15, 0.2) is 58.1 Å². The molecule has 8 rings (SSSR count). The van der Waals surface area contributed by atoms with Gasteiger partial charge in [0, 0.05) is 75.7 Å². The summed E-state index contributed by atoms with van der Waals surface area (Å²) in [5, 5.41) is 6.76. The van der Waals surface area contributed by atoms with Gasteiger partial charge >= 0.3 is 11.7 Å². The molecule has 2 atom stereocenters. The summed E-state index contributed by atoms with van der Waals surface area (Å²) in [7, 11) is 5.94. The Balaban J connectivity index is 1.11. The molecule has 5 heterocycles. The molecule has 2 N–H and O–H groups in total. The minimum absolute atomic E-state index is 0.000706. The molecule has 13 nitrogen and oxygen atoms in total. The number of carbonyl (C=O) groups is 1. The first-order valence-corrected chi connectivity index (χ1v) is 19.2. The number of urea groups is 1. The van der Waals surface area contributed by atoms with Crippen molar-refractivity contribution >= 4 is 51.6 Å². The van der Waals surface area contributed by atoms with Gasteiger partial charge in [-0.2, -0.15) is 0 Å². The van der Waals surface area contributed by atoms with E-state index in [1.165, 1.54) is 14.1 Å². The number of benzene rings is 2. The number of rotatable bonds is 10. The lowest BCUT2D eigenvalue weighted by Gasteiger charge is -2.28. The van der Waals surface area contributed by atoms with Crippen LogP contribution >= 0.6 is 23.2 Å². The number of anilines is 2. The SMILES string of the molecule is COCCN1C[C@]2(CCN([C@H]3CCc4cc(-c5cccc(-c6cccc(Nc7nc(C(F)F)cc8c7c(=O)n(C)c(=O)n8C)c6Cl)c5Cl)nc(OC)c43)C2)NC1=O. The number of aromatic nitrogens is 4.